The molecule has 7 nitrogen and oxygen atoms in total. The van der Waals surface area contributed by atoms with E-state index in [4.69, 9.17) is 0 Å². The summed E-state index contributed by atoms with van der Waals surface area (Å²) in [7, 11) is 1.58. The average molecular weight is 266 g/mol. The number of nitrogens with one attached hydrogen (secondary N) is 1. The number of amides is 1. The molecule has 7 heteroatoms. The summed E-state index contributed by atoms with van der Waals surface area (Å²) in [6.07, 6.45) is 1.61. The number of carbonyl (C=O) groups is 1. The van der Waals surface area contributed by atoms with E-state index in [1.54, 1.807) is 11.9 Å². The van der Waals surface area contributed by atoms with Gasteiger partial charge in [0.2, 0.25) is 5.91 Å². The second-order valence-corrected chi connectivity index (χ2v) is 4.58. The van der Waals surface area contributed by atoms with Gasteiger partial charge in [-0.1, -0.05) is 0 Å². The van der Waals surface area contributed by atoms with Crippen molar-refractivity contribution >= 4 is 5.91 Å². The number of aromatic nitrogens is 2. The lowest BCUT2D eigenvalue weighted by Gasteiger charge is -2.27. The van der Waals surface area contributed by atoms with Crippen LogP contribution in [0, 0.1) is 0 Å². The van der Waals surface area contributed by atoms with Gasteiger partial charge >= 0.3 is 5.69 Å². The number of rotatable bonds is 3. The van der Waals surface area contributed by atoms with Crippen molar-refractivity contribution in [2.75, 3.05) is 26.2 Å². The fraction of sp³-hybridized carbons (Fsp3) is 0.583. The number of hydrogen-bond acceptors (Lipinski definition) is 4. The van der Waals surface area contributed by atoms with Crippen LogP contribution in [0.4, 0.5) is 0 Å². The van der Waals surface area contributed by atoms with Gasteiger partial charge in [0.25, 0.3) is 5.56 Å². The normalized spacial score (nSPS) is 15.5. The van der Waals surface area contributed by atoms with Gasteiger partial charge in [-0.25, -0.2) is 4.79 Å². The van der Waals surface area contributed by atoms with Gasteiger partial charge in [0.15, 0.2) is 0 Å². The molecule has 19 heavy (non-hydrogen) atoms. The summed E-state index contributed by atoms with van der Waals surface area (Å²) in [6, 6.07) is 1.33. The van der Waals surface area contributed by atoms with Crippen LogP contribution in [-0.4, -0.2) is 46.1 Å². The molecule has 0 spiro atoms. The summed E-state index contributed by atoms with van der Waals surface area (Å²) in [5, 5.41) is 3.17. The molecule has 104 valence electrons. The second kappa shape index (κ2) is 5.83. The number of piperazine rings is 1. The van der Waals surface area contributed by atoms with Gasteiger partial charge in [-0.2, -0.15) is 0 Å². The third-order valence-electron chi connectivity index (χ3n) is 3.26. The zero-order valence-electron chi connectivity index (χ0n) is 11.0. The van der Waals surface area contributed by atoms with Gasteiger partial charge < -0.3 is 14.8 Å². The van der Waals surface area contributed by atoms with Gasteiger partial charge in [0.05, 0.1) is 0 Å². The minimum atomic E-state index is -0.388. The van der Waals surface area contributed by atoms with Crippen molar-refractivity contribution in [1.82, 2.24) is 19.4 Å². The quantitative estimate of drug-likeness (QED) is 0.712. The highest BCUT2D eigenvalue weighted by Gasteiger charge is 2.16. The maximum atomic E-state index is 12.0. The van der Waals surface area contributed by atoms with Gasteiger partial charge in [-0.15, -0.1) is 0 Å². The van der Waals surface area contributed by atoms with E-state index in [0.717, 1.165) is 17.7 Å². The summed E-state index contributed by atoms with van der Waals surface area (Å²) in [6.45, 7) is 3.08. The fourth-order valence-electron chi connectivity index (χ4n) is 2.10. The summed E-state index contributed by atoms with van der Waals surface area (Å²) < 4.78 is 2.43. The minimum Gasteiger partial charge on any atom is -0.340 e. The Hall–Kier alpha value is -1.89. The van der Waals surface area contributed by atoms with Gasteiger partial charge in [-0.3, -0.25) is 14.2 Å². The third-order valence-corrected chi connectivity index (χ3v) is 3.26. The first-order valence-corrected chi connectivity index (χ1v) is 6.34. The predicted molar refractivity (Wildman–Crippen MR) is 70.0 cm³/mol. The molecule has 1 aromatic rings. The van der Waals surface area contributed by atoms with Crippen molar-refractivity contribution in [2.45, 2.75) is 13.0 Å². The molecular weight excluding hydrogens is 248 g/mol. The second-order valence-electron chi connectivity index (χ2n) is 4.58. The third kappa shape index (κ3) is 3.11. The predicted octanol–water partition coefficient (Wildman–Crippen LogP) is -1.63. The number of carbonyl (C=O) groups excluding carboxylic acids is 1. The Bertz CT molecular complexity index is 569. The summed E-state index contributed by atoms with van der Waals surface area (Å²) in [5.74, 6) is -0.0145. The first-order chi connectivity index (χ1) is 9.09. The van der Waals surface area contributed by atoms with Crippen LogP contribution < -0.4 is 16.6 Å². The molecular formula is C12H18N4O3. The zero-order chi connectivity index (χ0) is 13.8. The van der Waals surface area contributed by atoms with Crippen LogP contribution in [0.2, 0.25) is 0 Å². The summed E-state index contributed by atoms with van der Waals surface area (Å²) >= 11 is 0. The van der Waals surface area contributed by atoms with Crippen LogP contribution in [0.5, 0.6) is 0 Å². The van der Waals surface area contributed by atoms with Gasteiger partial charge in [0.1, 0.15) is 0 Å². The Kier molecular flexibility index (Phi) is 4.16. The molecule has 2 rings (SSSR count). The largest absolute Gasteiger partial charge is 0.340 e. The van der Waals surface area contributed by atoms with Crippen LogP contribution in [0.25, 0.3) is 0 Å². The van der Waals surface area contributed by atoms with E-state index < -0.39 is 0 Å². The highest BCUT2D eigenvalue weighted by Crippen LogP contribution is 1.97. The number of aryl methyl sites for hydroxylation is 1. The van der Waals surface area contributed by atoms with Crippen LogP contribution >= 0.6 is 0 Å². The van der Waals surface area contributed by atoms with Crippen molar-refractivity contribution in [2.24, 2.45) is 7.05 Å². The maximum Gasteiger partial charge on any atom is 0.330 e. The molecule has 0 aliphatic carbocycles. The van der Waals surface area contributed by atoms with E-state index in [-0.39, 0.29) is 30.1 Å². The van der Waals surface area contributed by atoms with E-state index in [0.29, 0.717) is 13.1 Å². The Morgan fingerprint density at radius 3 is 2.68 bits per heavy atom. The topological polar surface area (TPSA) is 76.3 Å². The molecule has 1 saturated heterocycles. The average Bonchev–Trinajstić information content (AvgIpc) is 2.44. The molecule has 0 saturated carbocycles. The lowest BCUT2D eigenvalue weighted by molar-refractivity contribution is -0.132. The van der Waals surface area contributed by atoms with Crippen LogP contribution in [0.15, 0.2) is 21.9 Å². The smallest absolute Gasteiger partial charge is 0.330 e. The van der Waals surface area contributed by atoms with Gasteiger partial charge in [0, 0.05) is 58.5 Å². The number of hydrogen-bond donors (Lipinski definition) is 1. The van der Waals surface area contributed by atoms with Crippen molar-refractivity contribution in [3.63, 3.8) is 0 Å². The van der Waals surface area contributed by atoms with Crippen molar-refractivity contribution < 1.29 is 4.79 Å². The molecule has 1 aliphatic heterocycles. The fourth-order valence-corrected chi connectivity index (χ4v) is 2.10. The van der Waals surface area contributed by atoms with Crippen molar-refractivity contribution in [3.8, 4) is 0 Å². The van der Waals surface area contributed by atoms with E-state index in [9.17, 15) is 14.4 Å². The highest BCUT2D eigenvalue weighted by atomic mass is 16.2. The lowest BCUT2D eigenvalue weighted by atomic mass is 10.3. The molecule has 1 amide bonds. The summed E-state index contributed by atoms with van der Waals surface area (Å²) in [5.41, 5.74) is -0.753. The number of nitrogens with zero attached hydrogens (tertiary/aromatic N) is 3. The van der Waals surface area contributed by atoms with Gasteiger partial charge in [-0.05, 0) is 0 Å². The molecule has 0 bridgehead atoms. The van der Waals surface area contributed by atoms with Crippen LogP contribution in [-0.2, 0) is 18.4 Å². The molecule has 0 atom stereocenters. The minimum absolute atomic E-state index is 0.0145. The molecule has 1 aliphatic rings. The molecule has 1 N–H and O–H groups in total. The van der Waals surface area contributed by atoms with Crippen molar-refractivity contribution in [3.05, 3.63) is 33.1 Å². The zero-order valence-corrected chi connectivity index (χ0v) is 11.0. The molecule has 0 aromatic carbocycles. The SMILES string of the molecule is Cn1ccc(=O)n(CCC(=O)N2CCNCC2)c1=O. The summed E-state index contributed by atoms with van der Waals surface area (Å²) in [4.78, 5) is 37.1. The monoisotopic (exact) mass is 266 g/mol. The standard InChI is InChI=1S/C12H18N4O3/c1-14-6-2-11(18)16(12(14)19)7-3-10(17)15-8-4-13-5-9-15/h2,6,13H,3-5,7-9H2,1H3. The molecule has 1 aromatic heterocycles. The highest BCUT2D eigenvalue weighted by molar-refractivity contribution is 5.76. The van der Waals surface area contributed by atoms with E-state index >= 15 is 0 Å². The Labute approximate surface area is 110 Å². The van der Waals surface area contributed by atoms with E-state index in [2.05, 4.69) is 5.32 Å². The Morgan fingerprint density at radius 2 is 2.00 bits per heavy atom. The van der Waals surface area contributed by atoms with E-state index in [1.807, 2.05) is 0 Å². The molecule has 2 heterocycles. The van der Waals surface area contributed by atoms with E-state index in [1.165, 1.54) is 16.8 Å². The molecule has 0 radical (unpaired) electrons. The molecule has 1 fully saturated rings. The lowest BCUT2D eigenvalue weighted by Crippen LogP contribution is -2.47. The van der Waals surface area contributed by atoms with Crippen molar-refractivity contribution in [1.29, 1.82) is 0 Å². The first kappa shape index (κ1) is 13.5. The van der Waals surface area contributed by atoms with Crippen LogP contribution in [0.1, 0.15) is 6.42 Å². The maximum absolute atomic E-state index is 12.0. The Balaban J connectivity index is 2.03. The first-order valence-electron chi connectivity index (χ1n) is 6.34. The van der Waals surface area contributed by atoms with Crippen LogP contribution in [0.3, 0.4) is 0 Å². The molecule has 0 unspecified atom stereocenters. The Morgan fingerprint density at radius 1 is 1.32 bits per heavy atom.